The van der Waals surface area contributed by atoms with Crippen LogP contribution in [0.2, 0.25) is 0 Å². The molecular weight excluding hydrogens is 488 g/mol. The standard InChI is InChI=1S/C29H31F2N5O2/c1-19(37)36-25(14-20-12-23(30)16-24(31)13-20)27(38)18-35-29(8-3-2-4-9-29)22-7-5-6-21(15-22)28-26(17-32)33-10-11-34-28/h5-7,10-13,15-16,25,27,35,38H,2-4,8-9,14,18H2,1H3,(H,36,37). The van der Waals surface area contributed by atoms with Crippen molar-refractivity contribution in [1.82, 2.24) is 20.6 Å². The van der Waals surface area contributed by atoms with Gasteiger partial charge in [0.15, 0.2) is 5.69 Å². The zero-order valence-electron chi connectivity index (χ0n) is 21.3. The molecule has 0 spiro atoms. The third kappa shape index (κ3) is 6.57. The van der Waals surface area contributed by atoms with Crippen molar-refractivity contribution >= 4 is 5.91 Å². The molecule has 2 atom stereocenters. The van der Waals surface area contributed by atoms with Crippen molar-refractivity contribution in [1.29, 1.82) is 5.26 Å². The van der Waals surface area contributed by atoms with Crippen LogP contribution in [-0.2, 0) is 16.8 Å². The number of halogens is 2. The lowest BCUT2D eigenvalue weighted by molar-refractivity contribution is -0.120. The van der Waals surface area contributed by atoms with Gasteiger partial charge in [0.05, 0.1) is 12.1 Å². The summed E-state index contributed by atoms with van der Waals surface area (Å²) in [5, 5.41) is 26.9. The Balaban J connectivity index is 1.58. The largest absolute Gasteiger partial charge is 0.390 e. The number of carbonyl (C=O) groups is 1. The van der Waals surface area contributed by atoms with Crippen LogP contribution in [0.4, 0.5) is 8.78 Å². The molecule has 1 aliphatic carbocycles. The van der Waals surface area contributed by atoms with Crippen LogP contribution >= 0.6 is 0 Å². The van der Waals surface area contributed by atoms with Crippen molar-refractivity contribution in [3.05, 3.63) is 83.3 Å². The summed E-state index contributed by atoms with van der Waals surface area (Å²) in [4.78, 5) is 20.4. The number of aromatic nitrogens is 2. The summed E-state index contributed by atoms with van der Waals surface area (Å²) in [6.45, 7) is 1.50. The van der Waals surface area contributed by atoms with Gasteiger partial charge in [-0.3, -0.25) is 9.78 Å². The number of nitriles is 1. The summed E-state index contributed by atoms with van der Waals surface area (Å²) in [5.74, 6) is -1.76. The van der Waals surface area contributed by atoms with Gasteiger partial charge < -0.3 is 15.7 Å². The van der Waals surface area contributed by atoms with Crippen LogP contribution in [0.3, 0.4) is 0 Å². The van der Waals surface area contributed by atoms with E-state index >= 15 is 0 Å². The Hall–Kier alpha value is -3.74. The van der Waals surface area contributed by atoms with Gasteiger partial charge in [-0.1, -0.05) is 37.5 Å². The first-order valence-electron chi connectivity index (χ1n) is 12.8. The van der Waals surface area contributed by atoms with Crippen LogP contribution in [-0.4, -0.2) is 39.7 Å². The van der Waals surface area contributed by atoms with Gasteiger partial charge in [0.2, 0.25) is 5.91 Å². The van der Waals surface area contributed by atoms with Crippen molar-refractivity contribution in [2.75, 3.05) is 6.54 Å². The molecule has 0 aliphatic heterocycles. The molecule has 2 aromatic carbocycles. The van der Waals surface area contributed by atoms with Crippen LogP contribution < -0.4 is 10.6 Å². The van der Waals surface area contributed by atoms with Crippen LogP contribution in [0.15, 0.2) is 54.9 Å². The smallest absolute Gasteiger partial charge is 0.217 e. The first kappa shape index (κ1) is 27.3. The molecule has 198 valence electrons. The monoisotopic (exact) mass is 519 g/mol. The molecule has 1 amide bonds. The minimum absolute atomic E-state index is 0.0726. The van der Waals surface area contributed by atoms with E-state index in [0.717, 1.165) is 49.3 Å². The van der Waals surface area contributed by atoms with Crippen LogP contribution in [0.25, 0.3) is 11.3 Å². The molecule has 0 saturated heterocycles. The molecule has 1 heterocycles. The minimum atomic E-state index is -1.02. The molecule has 0 bridgehead atoms. The van der Waals surface area contributed by atoms with Crippen molar-refractivity contribution in [2.45, 2.75) is 63.1 Å². The maximum absolute atomic E-state index is 13.7. The van der Waals surface area contributed by atoms with Gasteiger partial charge in [-0.2, -0.15) is 5.26 Å². The fourth-order valence-electron chi connectivity index (χ4n) is 5.29. The molecule has 1 fully saturated rings. The third-order valence-corrected chi connectivity index (χ3v) is 7.08. The van der Waals surface area contributed by atoms with Gasteiger partial charge in [0, 0.05) is 43.0 Å². The van der Waals surface area contributed by atoms with Gasteiger partial charge in [-0.05, 0) is 48.6 Å². The van der Waals surface area contributed by atoms with Gasteiger partial charge in [0.25, 0.3) is 0 Å². The summed E-state index contributed by atoms with van der Waals surface area (Å²) in [5.41, 5.74) is 2.46. The maximum Gasteiger partial charge on any atom is 0.217 e. The molecule has 3 N–H and O–H groups in total. The summed E-state index contributed by atoms with van der Waals surface area (Å²) < 4.78 is 27.5. The van der Waals surface area contributed by atoms with Crippen LogP contribution in [0, 0.1) is 23.0 Å². The Labute approximate surface area is 221 Å². The average molecular weight is 520 g/mol. The first-order chi connectivity index (χ1) is 18.3. The highest BCUT2D eigenvalue weighted by molar-refractivity contribution is 5.73. The van der Waals surface area contributed by atoms with Crippen molar-refractivity contribution in [3.63, 3.8) is 0 Å². The first-order valence-corrected chi connectivity index (χ1v) is 12.8. The predicted octanol–water partition coefficient (Wildman–Crippen LogP) is 4.15. The lowest BCUT2D eigenvalue weighted by Gasteiger charge is -2.40. The van der Waals surface area contributed by atoms with Crippen LogP contribution in [0.5, 0.6) is 0 Å². The second kappa shape index (κ2) is 12.2. The number of aliphatic hydroxyl groups is 1. The zero-order chi connectivity index (χ0) is 27.1. The highest BCUT2D eigenvalue weighted by Gasteiger charge is 2.35. The molecule has 0 radical (unpaired) electrons. The van der Waals surface area contributed by atoms with Crippen molar-refractivity contribution in [2.24, 2.45) is 0 Å². The lowest BCUT2D eigenvalue weighted by Crippen LogP contribution is -2.53. The molecule has 1 saturated carbocycles. The number of hydrogen-bond acceptors (Lipinski definition) is 6. The maximum atomic E-state index is 13.7. The van der Waals surface area contributed by atoms with E-state index in [1.165, 1.54) is 25.3 Å². The van der Waals surface area contributed by atoms with E-state index in [1.807, 2.05) is 24.3 Å². The van der Waals surface area contributed by atoms with Crippen LogP contribution in [0.1, 0.15) is 55.8 Å². The number of aliphatic hydroxyl groups excluding tert-OH is 1. The number of carbonyl (C=O) groups excluding carboxylic acids is 1. The highest BCUT2D eigenvalue weighted by Crippen LogP contribution is 2.38. The fourth-order valence-corrected chi connectivity index (χ4v) is 5.29. The Bertz CT molecular complexity index is 1300. The number of hydrogen-bond donors (Lipinski definition) is 3. The number of nitrogens with zero attached hydrogens (tertiary/aromatic N) is 3. The molecule has 7 nitrogen and oxygen atoms in total. The molecule has 1 aliphatic rings. The van der Waals surface area contributed by atoms with E-state index in [0.29, 0.717) is 11.3 Å². The second-order valence-corrected chi connectivity index (χ2v) is 9.83. The number of nitrogens with one attached hydrogen (secondary N) is 2. The Morgan fingerprint density at radius 2 is 1.82 bits per heavy atom. The molecular formula is C29H31F2N5O2. The Kier molecular flexibility index (Phi) is 8.77. The molecule has 4 rings (SSSR count). The van der Waals surface area contributed by atoms with E-state index in [4.69, 9.17) is 0 Å². The van der Waals surface area contributed by atoms with Gasteiger partial charge >= 0.3 is 0 Å². The predicted molar refractivity (Wildman–Crippen MR) is 139 cm³/mol. The summed E-state index contributed by atoms with van der Waals surface area (Å²) in [7, 11) is 0. The minimum Gasteiger partial charge on any atom is -0.390 e. The fraction of sp³-hybridized carbons (Fsp3) is 0.379. The topological polar surface area (TPSA) is 111 Å². The SMILES string of the molecule is CC(=O)NC(Cc1cc(F)cc(F)c1)C(O)CNC1(c2cccc(-c3nccnc3C#N)c2)CCCCC1. The van der Waals surface area contributed by atoms with Gasteiger partial charge in [-0.15, -0.1) is 0 Å². The summed E-state index contributed by atoms with van der Waals surface area (Å²) >= 11 is 0. The summed E-state index contributed by atoms with van der Waals surface area (Å²) in [6, 6.07) is 12.4. The molecule has 9 heteroatoms. The average Bonchev–Trinajstić information content (AvgIpc) is 2.91. The third-order valence-electron chi connectivity index (χ3n) is 7.08. The number of benzene rings is 2. The normalized spacial score (nSPS) is 16.3. The zero-order valence-corrected chi connectivity index (χ0v) is 21.3. The Morgan fingerprint density at radius 1 is 1.11 bits per heavy atom. The molecule has 1 aromatic heterocycles. The number of amides is 1. The highest BCUT2D eigenvalue weighted by atomic mass is 19.1. The van der Waals surface area contributed by atoms with Gasteiger partial charge in [-0.25, -0.2) is 13.8 Å². The lowest BCUT2D eigenvalue weighted by atomic mass is 9.76. The Morgan fingerprint density at radius 3 is 2.50 bits per heavy atom. The van der Waals surface area contributed by atoms with Crippen molar-refractivity contribution in [3.8, 4) is 17.3 Å². The second-order valence-electron chi connectivity index (χ2n) is 9.83. The van der Waals surface area contributed by atoms with E-state index in [-0.39, 0.29) is 24.6 Å². The quantitative estimate of drug-likeness (QED) is 0.392. The van der Waals surface area contributed by atoms with E-state index in [1.54, 1.807) is 6.20 Å². The van der Waals surface area contributed by atoms with E-state index in [9.17, 15) is 23.9 Å². The van der Waals surface area contributed by atoms with E-state index in [2.05, 4.69) is 26.7 Å². The van der Waals surface area contributed by atoms with E-state index < -0.39 is 29.3 Å². The summed E-state index contributed by atoms with van der Waals surface area (Å²) in [6.07, 6.45) is 6.89. The molecule has 3 aromatic rings. The number of rotatable bonds is 9. The molecule has 38 heavy (non-hydrogen) atoms. The molecule has 2 unspecified atom stereocenters. The van der Waals surface area contributed by atoms with Gasteiger partial charge in [0.1, 0.15) is 23.4 Å². The van der Waals surface area contributed by atoms with Crippen molar-refractivity contribution < 1.29 is 18.7 Å².